The Kier molecular flexibility index (Phi) is 5.50. The molecule has 0 bridgehead atoms. The quantitative estimate of drug-likeness (QED) is 0.306. The lowest BCUT2D eigenvalue weighted by molar-refractivity contribution is -0.122. The Bertz CT molecular complexity index is 1560. The molecule has 3 aromatic heterocycles. The fourth-order valence-corrected chi connectivity index (χ4v) is 5.70. The second-order valence-electron chi connectivity index (χ2n) is 8.37. The molecular weight excluding hydrogens is 480 g/mol. The Morgan fingerprint density at radius 2 is 1.89 bits per heavy atom. The minimum absolute atomic E-state index is 0.222. The first kappa shape index (κ1) is 21.8. The predicted molar refractivity (Wildman–Crippen MR) is 140 cm³/mol. The van der Waals surface area contributed by atoms with Crippen molar-refractivity contribution in [3.63, 3.8) is 0 Å². The molecule has 2 aliphatic heterocycles. The molecule has 9 heteroatoms. The van der Waals surface area contributed by atoms with Gasteiger partial charge in [0.15, 0.2) is 0 Å². The Morgan fingerprint density at radius 3 is 2.71 bits per heavy atom. The number of thioether (sulfide) groups is 1. The minimum atomic E-state index is -0.246. The summed E-state index contributed by atoms with van der Waals surface area (Å²) in [6, 6.07) is 17.4. The number of benzene rings is 1. The first-order chi connectivity index (χ1) is 17.1. The van der Waals surface area contributed by atoms with E-state index in [1.807, 2.05) is 24.3 Å². The fourth-order valence-electron chi connectivity index (χ4n) is 4.46. The van der Waals surface area contributed by atoms with Crippen LogP contribution in [0.15, 0.2) is 81.2 Å². The number of hydrogen-bond donors (Lipinski definition) is 0. The van der Waals surface area contributed by atoms with E-state index in [4.69, 9.17) is 21.6 Å². The normalized spacial score (nSPS) is 17.0. The zero-order chi connectivity index (χ0) is 23.9. The lowest BCUT2D eigenvalue weighted by Crippen LogP contribution is -2.34. The second kappa shape index (κ2) is 8.83. The zero-order valence-electron chi connectivity index (χ0n) is 18.6. The van der Waals surface area contributed by atoms with Crippen LogP contribution in [0.4, 0.5) is 5.82 Å². The van der Waals surface area contributed by atoms with Crippen molar-refractivity contribution < 1.29 is 9.21 Å². The number of fused-ring (bicyclic) bond motifs is 2. The number of thiocarbonyl (C=S) groups is 1. The maximum atomic E-state index is 13.6. The molecule has 1 aromatic carbocycles. The third-order valence-corrected chi connectivity index (χ3v) is 7.60. The van der Waals surface area contributed by atoms with Gasteiger partial charge in [0.25, 0.3) is 11.5 Å². The molecule has 0 radical (unpaired) electrons. The smallest absolute Gasteiger partial charge is 0.267 e. The van der Waals surface area contributed by atoms with E-state index in [-0.39, 0.29) is 18.0 Å². The Morgan fingerprint density at radius 1 is 1.06 bits per heavy atom. The standard InChI is InChI=1S/C26H20N4O3S2/c31-24-20(14-21-25(32)30(26(34)35-21)16-19-8-5-13-33-19)23(27-22-9-3-4-11-29(22)24)28-12-10-17-6-1-2-7-18(17)15-28/h1-9,11,13-14H,10,12,15-16H2/b21-14-. The summed E-state index contributed by atoms with van der Waals surface area (Å²) in [4.78, 5) is 35.7. The molecule has 35 heavy (non-hydrogen) atoms. The van der Waals surface area contributed by atoms with Crippen LogP contribution < -0.4 is 10.5 Å². The van der Waals surface area contributed by atoms with Crippen LogP contribution in [0, 0.1) is 0 Å². The number of aromatic nitrogens is 2. The number of amides is 1. The van der Waals surface area contributed by atoms with Gasteiger partial charge in [-0.25, -0.2) is 4.98 Å². The molecule has 2 aliphatic rings. The van der Waals surface area contributed by atoms with Gasteiger partial charge in [0.1, 0.15) is 21.5 Å². The minimum Gasteiger partial charge on any atom is -0.467 e. The zero-order valence-corrected chi connectivity index (χ0v) is 20.2. The number of carbonyl (C=O) groups is 1. The van der Waals surface area contributed by atoms with Gasteiger partial charge in [0.2, 0.25) is 0 Å². The van der Waals surface area contributed by atoms with Crippen LogP contribution >= 0.6 is 24.0 Å². The third kappa shape index (κ3) is 3.96. The molecule has 5 heterocycles. The van der Waals surface area contributed by atoms with Crippen molar-refractivity contribution in [3.05, 3.63) is 105 Å². The molecule has 6 rings (SSSR count). The predicted octanol–water partition coefficient (Wildman–Crippen LogP) is 4.25. The lowest BCUT2D eigenvalue weighted by Gasteiger charge is -2.30. The first-order valence-electron chi connectivity index (χ1n) is 11.2. The average molecular weight is 501 g/mol. The van der Waals surface area contributed by atoms with E-state index in [9.17, 15) is 9.59 Å². The fraction of sp³-hybridized carbons (Fsp3) is 0.154. The number of pyridine rings is 1. The third-order valence-electron chi connectivity index (χ3n) is 6.22. The van der Waals surface area contributed by atoms with Crippen molar-refractivity contribution in [2.24, 2.45) is 0 Å². The first-order valence-corrected chi connectivity index (χ1v) is 12.4. The largest absolute Gasteiger partial charge is 0.467 e. The summed E-state index contributed by atoms with van der Waals surface area (Å²) in [7, 11) is 0. The van der Waals surface area contributed by atoms with Crippen molar-refractivity contribution in [1.82, 2.24) is 14.3 Å². The van der Waals surface area contributed by atoms with Crippen LogP contribution in [-0.4, -0.2) is 31.1 Å². The molecule has 7 nitrogen and oxygen atoms in total. The van der Waals surface area contributed by atoms with Crippen LogP contribution in [0.2, 0.25) is 0 Å². The maximum absolute atomic E-state index is 13.6. The highest BCUT2D eigenvalue weighted by atomic mass is 32.2. The molecule has 1 amide bonds. The van der Waals surface area contributed by atoms with Crippen LogP contribution in [-0.2, 0) is 24.3 Å². The molecule has 4 aromatic rings. The van der Waals surface area contributed by atoms with E-state index in [1.165, 1.54) is 32.2 Å². The summed E-state index contributed by atoms with van der Waals surface area (Å²) in [5, 5.41) is 0. The van der Waals surface area contributed by atoms with E-state index >= 15 is 0 Å². The molecule has 0 aliphatic carbocycles. The van der Waals surface area contributed by atoms with Crippen molar-refractivity contribution >= 4 is 51.7 Å². The summed E-state index contributed by atoms with van der Waals surface area (Å²) in [6.45, 7) is 1.62. The van der Waals surface area contributed by atoms with E-state index in [2.05, 4.69) is 17.0 Å². The van der Waals surface area contributed by atoms with Gasteiger partial charge in [-0.1, -0.05) is 54.3 Å². The monoisotopic (exact) mass is 500 g/mol. The van der Waals surface area contributed by atoms with Crippen LogP contribution in [0.25, 0.3) is 11.7 Å². The van der Waals surface area contributed by atoms with Crippen LogP contribution in [0.5, 0.6) is 0 Å². The summed E-state index contributed by atoms with van der Waals surface area (Å²) >= 11 is 6.66. The van der Waals surface area contributed by atoms with Gasteiger partial charge in [-0.3, -0.25) is 18.9 Å². The maximum Gasteiger partial charge on any atom is 0.267 e. The molecule has 0 atom stereocenters. The molecule has 0 spiro atoms. The Balaban J connectivity index is 1.43. The van der Waals surface area contributed by atoms with Crippen molar-refractivity contribution in [1.29, 1.82) is 0 Å². The van der Waals surface area contributed by atoms with E-state index in [1.54, 1.807) is 36.7 Å². The molecule has 1 saturated heterocycles. The summed E-state index contributed by atoms with van der Waals surface area (Å²) < 4.78 is 7.33. The van der Waals surface area contributed by atoms with Crippen LogP contribution in [0.1, 0.15) is 22.5 Å². The van der Waals surface area contributed by atoms with Crippen LogP contribution in [0.3, 0.4) is 0 Å². The van der Waals surface area contributed by atoms with Gasteiger partial charge in [0.05, 0.1) is 23.3 Å². The number of carbonyl (C=O) groups excluding carboxylic acids is 1. The summed E-state index contributed by atoms with van der Waals surface area (Å²) in [6.07, 6.45) is 5.76. The van der Waals surface area contributed by atoms with E-state index < -0.39 is 0 Å². The van der Waals surface area contributed by atoms with Gasteiger partial charge in [-0.2, -0.15) is 0 Å². The molecule has 1 fully saturated rings. The molecule has 0 saturated carbocycles. The highest BCUT2D eigenvalue weighted by Gasteiger charge is 2.33. The van der Waals surface area contributed by atoms with Crippen molar-refractivity contribution in [3.8, 4) is 0 Å². The topological polar surface area (TPSA) is 71.1 Å². The summed E-state index contributed by atoms with van der Waals surface area (Å²) in [5.41, 5.74) is 3.24. The van der Waals surface area contributed by atoms with Gasteiger partial charge >= 0.3 is 0 Å². The van der Waals surface area contributed by atoms with Gasteiger partial charge in [-0.15, -0.1) is 0 Å². The number of hydrogen-bond acceptors (Lipinski definition) is 7. The number of anilines is 1. The Labute approximate surface area is 210 Å². The molecule has 0 N–H and O–H groups in total. The molecule has 174 valence electrons. The molecular formula is C26H20N4O3S2. The SMILES string of the molecule is O=C1/C(=C/c2c(N3CCc4ccccc4C3)nc3ccccn3c2=O)SC(=S)N1Cc1ccco1. The van der Waals surface area contributed by atoms with Gasteiger partial charge in [-0.05, 0) is 47.9 Å². The van der Waals surface area contributed by atoms with E-state index in [0.29, 0.717) is 38.6 Å². The summed E-state index contributed by atoms with van der Waals surface area (Å²) in [5.74, 6) is 0.971. The average Bonchev–Trinajstić information content (AvgIpc) is 3.49. The number of nitrogens with zero attached hydrogens (tertiary/aromatic N) is 4. The highest BCUT2D eigenvalue weighted by molar-refractivity contribution is 8.26. The second-order valence-corrected chi connectivity index (χ2v) is 10.0. The number of rotatable bonds is 4. The van der Waals surface area contributed by atoms with E-state index in [0.717, 1.165) is 13.0 Å². The van der Waals surface area contributed by atoms with Gasteiger partial charge in [0, 0.05) is 19.3 Å². The van der Waals surface area contributed by atoms with Gasteiger partial charge < -0.3 is 9.32 Å². The van der Waals surface area contributed by atoms with Crippen molar-refractivity contribution in [2.45, 2.75) is 19.5 Å². The molecule has 0 unspecified atom stereocenters. The Hall–Kier alpha value is -3.69. The number of furan rings is 1. The van der Waals surface area contributed by atoms with Crippen molar-refractivity contribution in [2.75, 3.05) is 11.4 Å². The highest BCUT2D eigenvalue weighted by Crippen LogP contribution is 2.35. The lowest BCUT2D eigenvalue weighted by atomic mass is 9.99.